The molecule has 2 aromatic carbocycles. The van der Waals surface area contributed by atoms with Crippen LogP contribution in [0.4, 0.5) is 0 Å². The van der Waals surface area contributed by atoms with Crippen LogP contribution in [0, 0.1) is 6.92 Å². The van der Waals surface area contributed by atoms with Gasteiger partial charge in [-0.25, -0.2) is 4.79 Å². The smallest absolute Gasteiger partial charge is 0.340 e. The van der Waals surface area contributed by atoms with Gasteiger partial charge in [-0.3, -0.25) is 0 Å². The Bertz CT molecular complexity index is 892. The fourth-order valence-corrected chi connectivity index (χ4v) is 2.97. The standard InChI is InChI=1S/C19H18N2O3S/c1-12-7-6-8-14(11-12)18-21-20-17(24-18)13(2)23-19(22)15-9-4-5-10-16(15)25-3/h4-11,13H,1-3H3. The molecule has 1 aromatic heterocycles. The van der Waals surface area contributed by atoms with E-state index in [0.717, 1.165) is 16.0 Å². The first-order valence-electron chi connectivity index (χ1n) is 7.83. The zero-order chi connectivity index (χ0) is 17.8. The molecule has 6 heteroatoms. The fraction of sp³-hybridized carbons (Fsp3) is 0.211. The minimum Gasteiger partial charge on any atom is -0.449 e. The van der Waals surface area contributed by atoms with Crippen molar-refractivity contribution in [3.63, 3.8) is 0 Å². The third-order valence-electron chi connectivity index (χ3n) is 3.66. The van der Waals surface area contributed by atoms with Crippen molar-refractivity contribution in [3.8, 4) is 11.5 Å². The van der Waals surface area contributed by atoms with Crippen molar-refractivity contribution < 1.29 is 13.9 Å². The Kier molecular flexibility index (Phi) is 5.19. The maximum atomic E-state index is 12.4. The molecule has 25 heavy (non-hydrogen) atoms. The summed E-state index contributed by atoms with van der Waals surface area (Å²) in [7, 11) is 0. The third-order valence-corrected chi connectivity index (χ3v) is 4.46. The Morgan fingerprint density at radius 2 is 1.96 bits per heavy atom. The largest absolute Gasteiger partial charge is 0.449 e. The number of carbonyl (C=O) groups is 1. The van der Waals surface area contributed by atoms with Crippen LogP contribution in [0.25, 0.3) is 11.5 Å². The van der Waals surface area contributed by atoms with Crippen LogP contribution in [-0.2, 0) is 4.74 Å². The number of benzene rings is 2. The third kappa shape index (κ3) is 3.91. The molecule has 0 aliphatic carbocycles. The average molecular weight is 354 g/mol. The van der Waals surface area contributed by atoms with Gasteiger partial charge in [0.05, 0.1) is 5.56 Å². The van der Waals surface area contributed by atoms with E-state index in [0.29, 0.717) is 11.5 Å². The molecule has 0 saturated carbocycles. The van der Waals surface area contributed by atoms with Crippen LogP contribution in [0.2, 0.25) is 0 Å². The van der Waals surface area contributed by atoms with Crippen LogP contribution in [0.15, 0.2) is 57.8 Å². The van der Waals surface area contributed by atoms with E-state index in [-0.39, 0.29) is 5.89 Å². The van der Waals surface area contributed by atoms with Crippen LogP contribution in [0.5, 0.6) is 0 Å². The summed E-state index contributed by atoms with van der Waals surface area (Å²) in [5, 5.41) is 8.06. The van der Waals surface area contributed by atoms with Gasteiger partial charge in [0, 0.05) is 10.5 Å². The number of hydrogen-bond acceptors (Lipinski definition) is 6. The molecule has 0 bridgehead atoms. The lowest BCUT2D eigenvalue weighted by Crippen LogP contribution is -2.10. The highest BCUT2D eigenvalue weighted by Gasteiger charge is 2.21. The van der Waals surface area contributed by atoms with E-state index in [2.05, 4.69) is 10.2 Å². The van der Waals surface area contributed by atoms with Crippen molar-refractivity contribution in [2.45, 2.75) is 24.8 Å². The number of aryl methyl sites for hydroxylation is 1. The van der Waals surface area contributed by atoms with Crippen LogP contribution in [-0.4, -0.2) is 22.4 Å². The molecule has 1 heterocycles. The minimum absolute atomic E-state index is 0.270. The number of thioether (sulfide) groups is 1. The number of ether oxygens (including phenoxy) is 1. The van der Waals surface area contributed by atoms with Crippen molar-refractivity contribution in [3.05, 3.63) is 65.5 Å². The summed E-state index contributed by atoms with van der Waals surface area (Å²) in [6, 6.07) is 15.1. The van der Waals surface area contributed by atoms with Gasteiger partial charge < -0.3 is 9.15 Å². The molecule has 128 valence electrons. The first-order valence-corrected chi connectivity index (χ1v) is 9.05. The molecule has 0 saturated heterocycles. The number of rotatable bonds is 5. The second-order valence-electron chi connectivity index (χ2n) is 5.56. The van der Waals surface area contributed by atoms with Crippen molar-refractivity contribution >= 4 is 17.7 Å². The highest BCUT2D eigenvalue weighted by Crippen LogP contribution is 2.26. The molecule has 0 fully saturated rings. The van der Waals surface area contributed by atoms with Gasteiger partial charge in [-0.15, -0.1) is 22.0 Å². The second kappa shape index (κ2) is 7.53. The van der Waals surface area contributed by atoms with Crippen LogP contribution in [0.3, 0.4) is 0 Å². The van der Waals surface area contributed by atoms with E-state index in [1.165, 1.54) is 11.8 Å². The van der Waals surface area contributed by atoms with Gasteiger partial charge in [-0.1, -0.05) is 29.8 Å². The van der Waals surface area contributed by atoms with Crippen LogP contribution < -0.4 is 0 Å². The van der Waals surface area contributed by atoms with Crippen molar-refractivity contribution in [1.29, 1.82) is 0 Å². The first-order chi connectivity index (χ1) is 12.1. The summed E-state index contributed by atoms with van der Waals surface area (Å²) in [4.78, 5) is 13.3. The molecule has 1 atom stereocenters. The Balaban J connectivity index is 1.76. The van der Waals surface area contributed by atoms with Crippen molar-refractivity contribution in [1.82, 2.24) is 10.2 Å². The molecule has 0 amide bonds. The Hall–Kier alpha value is -2.60. The van der Waals surface area contributed by atoms with Crippen LogP contribution in [0.1, 0.15) is 34.8 Å². The number of carbonyl (C=O) groups excluding carboxylic acids is 1. The highest BCUT2D eigenvalue weighted by molar-refractivity contribution is 7.98. The maximum absolute atomic E-state index is 12.4. The summed E-state index contributed by atoms with van der Waals surface area (Å²) < 4.78 is 11.2. The molecule has 3 aromatic rings. The zero-order valence-electron chi connectivity index (χ0n) is 14.2. The lowest BCUT2D eigenvalue weighted by atomic mass is 10.1. The summed E-state index contributed by atoms with van der Waals surface area (Å²) >= 11 is 1.50. The molecule has 0 aliphatic heterocycles. The lowest BCUT2D eigenvalue weighted by molar-refractivity contribution is 0.0276. The second-order valence-corrected chi connectivity index (χ2v) is 6.41. The molecular weight excluding hydrogens is 336 g/mol. The van der Waals surface area contributed by atoms with Gasteiger partial charge >= 0.3 is 5.97 Å². The molecule has 0 radical (unpaired) electrons. The normalized spacial score (nSPS) is 12.0. The van der Waals surface area contributed by atoms with E-state index in [9.17, 15) is 4.79 Å². The van der Waals surface area contributed by atoms with E-state index >= 15 is 0 Å². The SMILES string of the molecule is CSc1ccccc1C(=O)OC(C)c1nnc(-c2cccc(C)c2)o1. The molecule has 3 rings (SSSR count). The first kappa shape index (κ1) is 17.2. The van der Waals surface area contributed by atoms with Gasteiger partial charge in [0.2, 0.25) is 5.89 Å². The van der Waals surface area contributed by atoms with Crippen molar-refractivity contribution in [2.75, 3.05) is 6.26 Å². The summed E-state index contributed by atoms with van der Waals surface area (Å²) in [5.41, 5.74) is 2.47. The van der Waals surface area contributed by atoms with Gasteiger partial charge in [0.15, 0.2) is 6.10 Å². The monoisotopic (exact) mass is 354 g/mol. The lowest BCUT2D eigenvalue weighted by Gasteiger charge is -2.11. The molecular formula is C19H18N2O3S. The molecule has 0 spiro atoms. The van der Waals surface area contributed by atoms with Crippen molar-refractivity contribution in [2.24, 2.45) is 0 Å². The highest BCUT2D eigenvalue weighted by atomic mass is 32.2. The van der Waals surface area contributed by atoms with E-state index in [1.54, 1.807) is 13.0 Å². The zero-order valence-corrected chi connectivity index (χ0v) is 15.0. The molecule has 5 nitrogen and oxygen atoms in total. The minimum atomic E-state index is -0.631. The molecule has 0 aliphatic rings. The number of aromatic nitrogens is 2. The molecule has 1 unspecified atom stereocenters. The molecule has 0 N–H and O–H groups in total. The number of esters is 1. The van der Waals surface area contributed by atoms with Crippen LogP contribution >= 0.6 is 11.8 Å². The summed E-state index contributed by atoms with van der Waals surface area (Å²) in [6.45, 7) is 3.71. The summed E-state index contributed by atoms with van der Waals surface area (Å²) in [6.07, 6.45) is 1.29. The predicted octanol–water partition coefficient (Wildman–Crippen LogP) is 4.68. The number of nitrogens with zero attached hydrogens (tertiary/aromatic N) is 2. The Labute approximate surface area is 150 Å². The van der Waals surface area contributed by atoms with E-state index in [1.807, 2.05) is 55.6 Å². The van der Waals surface area contributed by atoms with Gasteiger partial charge in [-0.2, -0.15) is 0 Å². The number of hydrogen-bond donors (Lipinski definition) is 0. The predicted molar refractivity (Wildman–Crippen MR) is 96.5 cm³/mol. The van der Waals surface area contributed by atoms with Gasteiger partial charge in [-0.05, 0) is 44.4 Å². The van der Waals surface area contributed by atoms with Gasteiger partial charge in [0.25, 0.3) is 5.89 Å². The Morgan fingerprint density at radius 1 is 1.16 bits per heavy atom. The van der Waals surface area contributed by atoms with Gasteiger partial charge in [0.1, 0.15) is 0 Å². The fourth-order valence-electron chi connectivity index (χ4n) is 2.38. The average Bonchev–Trinajstić information content (AvgIpc) is 3.12. The van der Waals surface area contributed by atoms with E-state index < -0.39 is 12.1 Å². The topological polar surface area (TPSA) is 65.2 Å². The summed E-state index contributed by atoms with van der Waals surface area (Å²) in [5.74, 6) is 0.269. The van der Waals surface area contributed by atoms with E-state index in [4.69, 9.17) is 9.15 Å². The Morgan fingerprint density at radius 3 is 2.72 bits per heavy atom. The quantitative estimate of drug-likeness (QED) is 0.489. The maximum Gasteiger partial charge on any atom is 0.340 e.